The van der Waals surface area contributed by atoms with Crippen LogP contribution in [0.15, 0.2) is 43.0 Å². The van der Waals surface area contributed by atoms with Crippen molar-refractivity contribution in [1.82, 2.24) is 24.5 Å². The van der Waals surface area contributed by atoms with E-state index in [2.05, 4.69) is 15.2 Å². The highest BCUT2D eigenvalue weighted by molar-refractivity contribution is 6.44. The van der Waals surface area contributed by atoms with Crippen molar-refractivity contribution < 1.29 is 4.92 Å². The zero-order chi connectivity index (χ0) is 15.7. The number of rotatable bonds is 4. The summed E-state index contributed by atoms with van der Waals surface area (Å²) in [7, 11) is 0. The highest BCUT2D eigenvalue weighted by Gasteiger charge is 2.33. The minimum absolute atomic E-state index is 0.00680. The van der Waals surface area contributed by atoms with E-state index in [0.29, 0.717) is 5.69 Å². The lowest BCUT2D eigenvalue weighted by atomic mass is 10.3. The van der Waals surface area contributed by atoms with Crippen LogP contribution in [-0.4, -0.2) is 29.5 Å². The van der Waals surface area contributed by atoms with Crippen molar-refractivity contribution in [2.75, 3.05) is 0 Å². The van der Waals surface area contributed by atoms with Crippen LogP contribution < -0.4 is 0 Å². The number of hydrogen-bond acceptors (Lipinski definition) is 5. The second-order valence-corrected chi connectivity index (χ2v) is 5.30. The first-order valence-corrected chi connectivity index (χ1v) is 6.92. The first-order valence-electron chi connectivity index (χ1n) is 6.05. The van der Waals surface area contributed by atoms with Crippen LogP contribution in [0.4, 0.5) is 5.69 Å². The van der Waals surface area contributed by atoms with Gasteiger partial charge >= 0.3 is 5.69 Å². The third-order valence-electron chi connectivity index (χ3n) is 2.90. The third-order valence-corrected chi connectivity index (χ3v) is 3.32. The molecule has 10 heteroatoms. The zero-order valence-corrected chi connectivity index (χ0v) is 12.4. The maximum atomic E-state index is 11.5. The number of para-hydroxylation sites is 1. The summed E-state index contributed by atoms with van der Waals surface area (Å²) < 4.78 is 2.52. The Balaban J connectivity index is 2.31. The Morgan fingerprint density at radius 1 is 1.23 bits per heavy atom. The molecule has 0 unspecified atom stereocenters. The van der Waals surface area contributed by atoms with E-state index < -0.39 is 9.76 Å². The molecule has 0 saturated carbocycles. The normalized spacial score (nSPS) is 11.0. The molecule has 112 valence electrons. The van der Waals surface area contributed by atoms with E-state index in [9.17, 15) is 10.1 Å². The predicted molar refractivity (Wildman–Crippen MR) is 79.6 cm³/mol. The summed E-state index contributed by atoms with van der Waals surface area (Å²) >= 11 is 11.9. The molecule has 0 radical (unpaired) electrons. The molecule has 0 aliphatic heterocycles. The Morgan fingerprint density at radius 3 is 2.50 bits per heavy atom. The van der Waals surface area contributed by atoms with Crippen LogP contribution in [0.5, 0.6) is 0 Å². The molecule has 3 aromatic rings. The van der Waals surface area contributed by atoms with Gasteiger partial charge in [0.1, 0.15) is 12.7 Å². The predicted octanol–water partition coefficient (Wildman–Crippen LogP) is 2.84. The second-order valence-electron chi connectivity index (χ2n) is 4.20. The van der Waals surface area contributed by atoms with E-state index in [1.807, 2.05) is 6.07 Å². The molecule has 3 rings (SSSR count). The van der Waals surface area contributed by atoms with Gasteiger partial charge < -0.3 is 0 Å². The maximum Gasteiger partial charge on any atom is 0.339 e. The van der Waals surface area contributed by atoms with Crippen LogP contribution in [0.2, 0.25) is 0 Å². The zero-order valence-electron chi connectivity index (χ0n) is 10.9. The third kappa shape index (κ3) is 2.42. The molecule has 2 heterocycles. The lowest BCUT2D eigenvalue weighted by Gasteiger charge is -2.06. The van der Waals surface area contributed by atoms with E-state index in [4.69, 9.17) is 23.2 Å². The summed E-state index contributed by atoms with van der Waals surface area (Å²) in [6.45, 7) is 0. The van der Waals surface area contributed by atoms with E-state index in [1.54, 1.807) is 24.3 Å². The molecule has 22 heavy (non-hydrogen) atoms. The van der Waals surface area contributed by atoms with Crippen molar-refractivity contribution in [3.63, 3.8) is 0 Å². The lowest BCUT2D eigenvalue weighted by Crippen LogP contribution is -2.03. The molecular formula is C12H8Cl2N6O2. The van der Waals surface area contributed by atoms with Crippen LogP contribution in [0.3, 0.4) is 0 Å². The van der Waals surface area contributed by atoms with Crippen molar-refractivity contribution in [3.05, 3.63) is 58.8 Å². The van der Waals surface area contributed by atoms with Crippen molar-refractivity contribution in [2.45, 2.75) is 4.84 Å². The standard InChI is InChI=1S/C12H8Cl2N6O2/c13-11(14)9-10(20(21)22)12(18-7-15-6-16-18)17-19(9)8-4-2-1-3-5-8/h1-7,11H. The monoisotopic (exact) mass is 338 g/mol. The van der Waals surface area contributed by atoms with Gasteiger partial charge in [-0.2, -0.15) is 9.78 Å². The molecule has 0 spiro atoms. The molecule has 0 N–H and O–H groups in total. The smallest absolute Gasteiger partial charge is 0.258 e. The molecule has 0 bridgehead atoms. The Kier molecular flexibility index (Phi) is 3.78. The largest absolute Gasteiger partial charge is 0.339 e. The van der Waals surface area contributed by atoms with Gasteiger partial charge in [0.05, 0.1) is 10.6 Å². The van der Waals surface area contributed by atoms with Gasteiger partial charge in [-0.1, -0.05) is 41.4 Å². The summed E-state index contributed by atoms with van der Waals surface area (Å²) in [5, 5.41) is 19.6. The Hall–Kier alpha value is -2.45. The number of hydrogen-bond donors (Lipinski definition) is 0. The van der Waals surface area contributed by atoms with E-state index in [-0.39, 0.29) is 17.2 Å². The quantitative estimate of drug-likeness (QED) is 0.414. The SMILES string of the molecule is O=[N+]([O-])c1c(-n2cncn2)nn(-c2ccccc2)c1C(Cl)Cl. The lowest BCUT2D eigenvalue weighted by molar-refractivity contribution is -0.385. The molecule has 0 atom stereocenters. The molecule has 0 fully saturated rings. The first-order chi connectivity index (χ1) is 10.6. The molecule has 0 aliphatic carbocycles. The number of benzene rings is 1. The Bertz CT molecular complexity index is 801. The minimum Gasteiger partial charge on any atom is -0.258 e. The summed E-state index contributed by atoms with van der Waals surface area (Å²) in [5.41, 5.74) is 0.340. The fourth-order valence-electron chi connectivity index (χ4n) is 2.02. The fourth-order valence-corrected chi connectivity index (χ4v) is 2.41. The first kappa shape index (κ1) is 14.5. The summed E-state index contributed by atoms with van der Waals surface area (Å²) in [5.74, 6) is -0.00680. The summed E-state index contributed by atoms with van der Waals surface area (Å²) in [6.07, 6.45) is 2.57. The fraction of sp³-hybridized carbons (Fsp3) is 0.0833. The van der Waals surface area contributed by atoms with Crippen molar-refractivity contribution in [2.24, 2.45) is 0 Å². The summed E-state index contributed by atoms with van der Waals surface area (Å²) in [6, 6.07) is 8.85. The summed E-state index contributed by atoms with van der Waals surface area (Å²) in [4.78, 5) is 13.5. The number of alkyl halides is 2. The Labute approximate surface area is 134 Å². The highest BCUT2D eigenvalue weighted by Crippen LogP contribution is 2.37. The molecule has 2 aromatic heterocycles. The van der Waals surface area contributed by atoms with Gasteiger partial charge in [-0.15, -0.1) is 5.10 Å². The topological polar surface area (TPSA) is 91.7 Å². The number of aromatic nitrogens is 5. The van der Waals surface area contributed by atoms with Crippen LogP contribution >= 0.6 is 23.2 Å². The van der Waals surface area contributed by atoms with Gasteiger partial charge in [0.15, 0.2) is 10.5 Å². The maximum absolute atomic E-state index is 11.5. The van der Waals surface area contributed by atoms with Crippen LogP contribution in [-0.2, 0) is 0 Å². The van der Waals surface area contributed by atoms with Crippen molar-refractivity contribution >= 4 is 28.9 Å². The minimum atomic E-state index is -1.13. The van der Waals surface area contributed by atoms with Gasteiger partial charge in [-0.05, 0) is 12.1 Å². The number of nitrogens with zero attached hydrogens (tertiary/aromatic N) is 6. The second kappa shape index (κ2) is 5.74. The average Bonchev–Trinajstić information content (AvgIpc) is 3.15. The van der Waals surface area contributed by atoms with Crippen LogP contribution in [0.25, 0.3) is 11.5 Å². The van der Waals surface area contributed by atoms with E-state index >= 15 is 0 Å². The van der Waals surface area contributed by atoms with Crippen molar-refractivity contribution in [1.29, 1.82) is 0 Å². The molecule has 0 amide bonds. The molecule has 0 saturated heterocycles. The van der Waals surface area contributed by atoms with Gasteiger partial charge in [0, 0.05) is 0 Å². The highest BCUT2D eigenvalue weighted by atomic mass is 35.5. The van der Waals surface area contributed by atoms with Crippen LogP contribution in [0.1, 0.15) is 10.5 Å². The molecule has 0 aliphatic rings. The van der Waals surface area contributed by atoms with Gasteiger partial charge in [-0.25, -0.2) is 9.67 Å². The van der Waals surface area contributed by atoms with Gasteiger partial charge in [0.25, 0.3) is 5.82 Å². The van der Waals surface area contributed by atoms with E-state index in [1.165, 1.54) is 22.0 Å². The number of halogens is 2. The van der Waals surface area contributed by atoms with Crippen LogP contribution in [0, 0.1) is 10.1 Å². The van der Waals surface area contributed by atoms with Gasteiger partial charge in [-0.3, -0.25) is 10.1 Å². The average molecular weight is 339 g/mol. The molecule has 8 nitrogen and oxygen atoms in total. The number of nitro groups is 1. The van der Waals surface area contributed by atoms with E-state index in [0.717, 1.165) is 0 Å². The van der Waals surface area contributed by atoms with Crippen molar-refractivity contribution in [3.8, 4) is 11.5 Å². The van der Waals surface area contributed by atoms with Gasteiger partial charge in [0.2, 0.25) is 0 Å². The molecule has 1 aromatic carbocycles. The Morgan fingerprint density at radius 2 is 1.95 bits per heavy atom. The molecular weight excluding hydrogens is 331 g/mol.